The summed E-state index contributed by atoms with van der Waals surface area (Å²) in [5.74, 6) is -0.858. The summed E-state index contributed by atoms with van der Waals surface area (Å²) in [4.78, 5) is 43.8. The van der Waals surface area contributed by atoms with E-state index < -0.39 is 18.0 Å². The Hall–Kier alpha value is -4.04. The van der Waals surface area contributed by atoms with Crippen molar-refractivity contribution in [2.45, 2.75) is 58.0 Å². The van der Waals surface area contributed by atoms with Crippen LogP contribution in [0.15, 0.2) is 72.8 Å². The fourth-order valence-corrected chi connectivity index (χ4v) is 4.91. The van der Waals surface area contributed by atoms with Gasteiger partial charge in [0, 0.05) is 40.1 Å². The van der Waals surface area contributed by atoms with Gasteiger partial charge in [-0.25, -0.2) is 0 Å². The topological polar surface area (TPSA) is 114 Å². The van der Waals surface area contributed by atoms with E-state index in [1.165, 1.54) is 9.80 Å². The minimum atomic E-state index is -0.924. The van der Waals surface area contributed by atoms with Crippen molar-refractivity contribution in [3.63, 3.8) is 0 Å². The predicted molar refractivity (Wildman–Crippen MR) is 167 cm³/mol. The summed E-state index contributed by atoms with van der Waals surface area (Å²) in [5, 5.41) is 22.6. The van der Waals surface area contributed by atoms with Crippen LogP contribution in [0.2, 0.25) is 0 Å². The van der Waals surface area contributed by atoms with Gasteiger partial charge in [0.1, 0.15) is 12.1 Å². The van der Waals surface area contributed by atoms with Crippen molar-refractivity contribution in [2.24, 2.45) is 5.92 Å². The van der Waals surface area contributed by atoms with Crippen molar-refractivity contribution in [1.29, 1.82) is 5.41 Å². The second-order valence-electron chi connectivity index (χ2n) is 11.3. The first kappa shape index (κ1) is 32.5. The predicted octanol–water partition coefficient (Wildman–Crippen LogP) is 4.23. The summed E-state index contributed by atoms with van der Waals surface area (Å²) in [7, 11) is 3.16. The molecule has 2 atom stereocenters. The Morgan fingerprint density at radius 3 is 2.14 bits per heavy atom. The van der Waals surface area contributed by atoms with Gasteiger partial charge >= 0.3 is 0 Å². The van der Waals surface area contributed by atoms with Gasteiger partial charge in [-0.15, -0.1) is 0 Å². The Bertz CT molecular complexity index is 1360. The molecule has 0 spiro atoms. The van der Waals surface area contributed by atoms with E-state index in [0.29, 0.717) is 31.6 Å². The lowest BCUT2D eigenvalue weighted by molar-refractivity contribution is -0.145. The quantitative estimate of drug-likeness (QED) is 0.187. The number of hydrogen-bond donors (Lipinski definition) is 3. The standard InChI is InChI=1S/C34H44N4O4/c1-24(2)15-18-29(35)33(41)38(4)31(23-26-16-17-27-13-8-9-14-28(27)21-26)34(42)37(3)30(32(40)36-19-10-20-39)22-25-11-6-5-7-12-25/h5-9,11-14,16-17,21,24,30-31,35,39H,10,15,18-20,22-23H2,1-4H3,(H,36,40)/t30-,31-/m1/s1. The maximum absolute atomic E-state index is 14.3. The van der Waals surface area contributed by atoms with Gasteiger partial charge in [0.05, 0.1) is 5.71 Å². The number of nitrogens with zero attached hydrogens (tertiary/aromatic N) is 2. The number of fused-ring (bicyclic) bond motifs is 1. The molecule has 0 aliphatic rings. The summed E-state index contributed by atoms with van der Waals surface area (Å²) >= 11 is 0. The Morgan fingerprint density at radius 1 is 0.833 bits per heavy atom. The van der Waals surface area contributed by atoms with Crippen LogP contribution in [0.25, 0.3) is 10.8 Å². The van der Waals surface area contributed by atoms with Gasteiger partial charge in [0.15, 0.2) is 0 Å². The van der Waals surface area contributed by atoms with Crippen molar-refractivity contribution in [2.75, 3.05) is 27.2 Å². The average Bonchev–Trinajstić information content (AvgIpc) is 3.00. The average molecular weight is 573 g/mol. The molecule has 0 aliphatic heterocycles. The lowest BCUT2D eigenvalue weighted by Crippen LogP contribution is -2.56. The van der Waals surface area contributed by atoms with Gasteiger partial charge in [-0.05, 0) is 47.1 Å². The monoisotopic (exact) mass is 572 g/mol. The first-order chi connectivity index (χ1) is 20.1. The molecule has 3 N–H and O–H groups in total. The molecule has 8 nitrogen and oxygen atoms in total. The zero-order valence-electron chi connectivity index (χ0n) is 25.2. The molecule has 0 radical (unpaired) electrons. The smallest absolute Gasteiger partial charge is 0.267 e. The number of carbonyl (C=O) groups is 3. The molecule has 0 aromatic heterocycles. The second-order valence-corrected chi connectivity index (χ2v) is 11.3. The van der Waals surface area contributed by atoms with E-state index in [1.54, 1.807) is 14.1 Å². The molecule has 0 bridgehead atoms. The van der Waals surface area contributed by atoms with Crippen LogP contribution in [-0.2, 0) is 27.2 Å². The van der Waals surface area contributed by atoms with Crippen molar-refractivity contribution >= 4 is 34.2 Å². The number of carbonyl (C=O) groups excluding carboxylic acids is 3. The van der Waals surface area contributed by atoms with E-state index in [4.69, 9.17) is 5.41 Å². The zero-order valence-corrected chi connectivity index (χ0v) is 25.2. The highest BCUT2D eigenvalue weighted by atomic mass is 16.3. The zero-order chi connectivity index (χ0) is 30.6. The Kier molecular flexibility index (Phi) is 12.2. The van der Waals surface area contributed by atoms with E-state index in [2.05, 4.69) is 5.32 Å². The third-order valence-corrected chi connectivity index (χ3v) is 7.57. The minimum absolute atomic E-state index is 0.0345. The third-order valence-electron chi connectivity index (χ3n) is 7.57. The molecule has 3 aromatic rings. The van der Waals surface area contributed by atoms with E-state index in [-0.39, 0.29) is 37.1 Å². The van der Waals surface area contributed by atoms with Crippen LogP contribution in [0.3, 0.4) is 0 Å². The van der Waals surface area contributed by atoms with Crippen LogP contribution < -0.4 is 5.32 Å². The lowest BCUT2D eigenvalue weighted by Gasteiger charge is -2.35. The van der Waals surface area contributed by atoms with Crippen molar-refractivity contribution in [3.8, 4) is 0 Å². The highest BCUT2D eigenvalue weighted by molar-refractivity contribution is 6.37. The largest absolute Gasteiger partial charge is 0.396 e. The van der Waals surface area contributed by atoms with Crippen molar-refractivity contribution < 1.29 is 19.5 Å². The Morgan fingerprint density at radius 2 is 1.48 bits per heavy atom. The van der Waals surface area contributed by atoms with E-state index >= 15 is 0 Å². The van der Waals surface area contributed by atoms with Gasteiger partial charge in [0.2, 0.25) is 11.8 Å². The summed E-state index contributed by atoms with van der Waals surface area (Å²) in [6.45, 7) is 4.32. The molecule has 0 fully saturated rings. The van der Waals surface area contributed by atoms with Gasteiger partial charge in [-0.2, -0.15) is 0 Å². The van der Waals surface area contributed by atoms with Crippen molar-refractivity contribution in [1.82, 2.24) is 15.1 Å². The number of amides is 3. The second kappa shape index (κ2) is 15.8. The maximum Gasteiger partial charge on any atom is 0.267 e. The molecule has 3 rings (SSSR count). The Labute approximate surface area is 249 Å². The molecule has 8 heteroatoms. The number of likely N-dealkylation sites (N-methyl/N-ethyl adjacent to an activating group) is 2. The molecule has 42 heavy (non-hydrogen) atoms. The normalized spacial score (nSPS) is 12.5. The SMILES string of the molecule is CC(C)CCC(=N)C(=O)N(C)[C@H](Cc1ccc2ccccc2c1)C(=O)N(C)[C@H](Cc1ccccc1)C(=O)NCCCO. The van der Waals surface area contributed by atoms with Gasteiger partial charge in [-0.1, -0.05) is 86.6 Å². The highest BCUT2D eigenvalue weighted by Gasteiger charge is 2.35. The van der Waals surface area contributed by atoms with Crippen LogP contribution in [0.4, 0.5) is 0 Å². The number of rotatable bonds is 15. The minimum Gasteiger partial charge on any atom is -0.396 e. The third kappa shape index (κ3) is 8.98. The number of benzene rings is 3. The molecule has 0 saturated carbocycles. The molecule has 0 aliphatic carbocycles. The number of nitrogens with one attached hydrogen (secondary N) is 2. The van der Waals surface area contributed by atoms with Crippen LogP contribution in [0.1, 0.15) is 44.2 Å². The Balaban J connectivity index is 1.94. The number of aliphatic hydroxyl groups excluding tert-OH is 1. The first-order valence-corrected chi connectivity index (χ1v) is 14.6. The molecule has 0 unspecified atom stereocenters. The summed E-state index contributed by atoms with van der Waals surface area (Å²) in [6.07, 6.45) is 1.96. The van der Waals surface area contributed by atoms with Gasteiger partial charge in [-0.3, -0.25) is 19.8 Å². The van der Waals surface area contributed by atoms with Crippen LogP contribution in [-0.4, -0.2) is 77.7 Å². The first-order valence-electron chi connectivity index (χ1n) is 14.6. The molecule has 0 heterocycles. The molecular formula is C34H44N4O4. The van der Waals surface area contributed by atoms with Crippen LogP contribution >= 0.6 is 0 Å². The molecule has 3 aromatic carbocycles. The van der Waals surface area contributed by atoms with E-state index in [9.17, 15) is 19.5 Å². The lowest BCUT2D eigenvalue weighted by atomic mass is 9.97. The summed E-state index contributed by atoms with van der Waals surface area (Å²) in [5.41, 5.74) is 1.74. The maximum atomic E-state index is 14.3. The molecule has 224 valence electrons. The van der Waals surface area contributed by atoms with Crippen LogP contribution in [0, 0.1) is 11.3 Å². The molecular weight excluding hydrogens is 528 g/mol. The fourth-order valence-electron chi connectivity index (χ4n) is 4.91. The van der Waals surface area contributed by atoms with Gasteiger partial charge in [0.25, 0.3) is 5.91 Å². The number of hydrogen-bond acceptors (Lipinski definition) is 5. The van der Waals surface area contributed by atoms with Crippen molar-refractivity contribution in [3.05, 3.63) is 83.9 Å². The van der Waals surface area contributed by atoms with E-state index in [0.717, 1.165) is 21.9 Å². The van der Waals surface area contributed by atoms with Crippen LogP contribution in [0.5, 0.6) is 0 Å². The van der Waals surface area contributed by atoms with Gasteiger partial charge < -0.3 is 20.2 Å². The van der Waals surface area contributed by atoms with E-state index in [1.807, 2.05) is 86.6 Å². The summed E-state index contributed by atoms with van der Waals surface area (Å²) < 4.78 is 0. The highest BCUT2D eigenvalue weighted by Crippen LogP contribution is 2.20. The molecule has 3 amide bonds. The summed E-state index contributed by atoms with van der Waals surface area (Å²) in [6, 6.07) is 21.6. The fraction of sp³-hybridized carbons (Fsp3) is 0.412. The number of aliphatic hydroxyl groups is 1. The molecule has 0 saturated heterocycles.